The topological polar surface area (TPSA) is 96.7 Å². The Morgan fingerprint density at radius 1 is 1.17 bits per heavy atom. The summed E-state index contributed by atoms with van der Waals surface area (Å²) in [6, 6.07) is 18.3. The predicted molar refractivity (Wildman–Crippen MR) is 131 cm³/mol. The lowest BCUT2D eigenvalue weighted by atomic mass is 10.1. The van der Waals surface area contributed by atoms with Crippen LogP contribution in [-0.2, 0) is 9.59 Å². The zero-order chi connectivity index (χ0) is 24.7. The summed E-state index contributed by atoms with van der Waals surface area (Å²) >= 11 is 1.38. The van der Waals surface area contributed by atoms with Gasteiger partial charge in [0.25, 0.3) is 0 Å². The highest BCUT2D eigenvalue weighted by molar-refractivity contribution is 7.22. The number of carbonyl (C=O) groups excluding carboxylic acids is 2. The largest absolute Gasteiger partial charge is 0.311 e. The molecule has 1 unspecified atom stereocenters. The highest BCUT2D eigenvalue weighted by Gasteiger charge is 2.39. The number of hydrogen-bond acceptors (Lipinski definition) is 6. The fourth-order valence-electron chi connectivity index (χ4n) is 4.20. The zero-order valence-electron chi connectivity index (χ0n) is 18.6. The number of hydrogen-bond donors (Lipinski definition) is 0. The molecule has 1 fully saturated rings. The molecule has 1 aliphatic rings. The minimum Gasteiger partial charge on any atom is -0.311 e. The molecule has 10 heteroatoms. The van der Waals surface area contributed by atoms with Crippen LogP contribution in [0.15, 0.2) is 66.7 Å². The van der Waals surface area contributed by atoms with Crippen molar-refractivity contribution in [1.29, 1.82) is 0 Å². The number of carbonyl (C=O) groups is 2. The van der Waals surface area contributed by atoms with Gasteiger partial charge in [-0.15, -0.1) is 0 Å². The fourth-order valence-corrected chi connectivity index (χ4v) is 5.19. The van der Waals surface area contributed by atoms with Gasteiger partial charge in [-0.05, 0) is 42.8 Å². The van der Waals surface area contributed by atoms with Crippen LogP contribution in [0.3, 0.4) is 0 Å². The van der Waals surface area contributed by atoms with Gasteiger partial charge in [0, 0.05) is 19.0 Å². The van der Waals surface area contributed by atoms with Crippen LogP contribution < -0.4 is 9.80 Å². The van der Waals surface area contributed by atoms with E-state index in [9.17, 15) is 24.1 Å². The van der Waals surface area contributed by atoms with Crippen molar-refractivity contribution in [3.05, 3.63) is 88.2 Å². The molecule has 0 aliphatic carbocycles. The third kappa shape index (κ3) is 4.12. The first-order valence-corrected chi connectivity index (χ1v) is 11.6. The summed E-state index contributed by atoms with van der Waals surface area (Å²) in [5.41, 5.74) is 1.76. The van der Waals surface area contributed by atoms with Crippen LogP contribution in [0, 0.1) is 28.8 Å². The highest BCUT2D eigenvalue weighted by atomic mass is 32.1. The smallest absolute Gasteiger partial charge is 0.306 e. The Morgan fingerprint density at radius 3 is 2.66 bits per heavy atom. The molecule has 1 atom stereocenters. The van der Waals surface area contributed by atoms with Crippen molar-refractivity contribution in [3.8, 4) is 0 Å². The SMILES string of the molecule is Cc1ccccc1N(C(=O)C1CC(=O)N(c2ccc(F)c([N+](=O)[O-])c2)C1)c1nc2ccccc2s1. The number of amides is 2. The molecular formula is C25H19FN4O4S. The third-order valence-electron chi connectivity index (χ3n) is 5.96. The van der Waals surface area contributed by atoms with Crippen LogP contribution in [0.4, 0.5) is 26.6 Å². The van der Waals surface area contributed by atoms with E-state index in [4.69, 9.17) is 0 Å². The summed E-state index contributed by atoms with van der Waals surface area (Å²) in [6.07, 6.45) is -0.0721. The van der Waals surface area contributed by atoms with Crippen LogP contribution in [0.2, 0.25) is 0 Å². The lowest BCUT2D eigenvalue weighted by Gasteiger charge is -2.25. The Bertz CT molecular complexity index is 1450. The van der Waals surface area contributed by atoms with Gasteiger partial charge in [0.1, 0.15) is 0 Å². The number of halogens is 1. The second kappa shape index (κ2) is 8.88. The maximum absolute atomic E-state index is 13.9. The molecule has 1 saturated heterocycles. The van der Waals surface area contributed by atoms with E-state index in [0.29, 0.717) is 10.8 Å². The first-order chi connectivity index (χ1) is 16.8. The van der Waals surface area contributed by atoms with Crippen LogP contribution in [0.5, 0.6) is 0 Å². The molecule has 176 valence electrons. The number of aromatic nitrogens is 1. The molecule has 2 heterocycles. The van der Waals surface area contributed by atoms with Gasteiger partial charge in [-0.3, -0.25) is 24.6 Å². The molecule has 3 aromatic carbocycles. The van der Waals surface area contributed by atoms with Crippen LogP contribution in [0.25, 0.3) is 10.2 Å². The van der Waals surface area contributed by atoms with Crippen molar-refractivity contribution < 1.29 is 18.9 Å². The number of benzene rings is 3. The standard InChI is InChI=1S/C25H19FN4O4S/c1-15-6-2-4-8-20(15)29(25-27-19-7-3-5-9-22(19)35-25)24(32)16-12-23(31)28(14-16)17-10-11-18(26)21(13-17)30(33)34/h2-11,13,16H,12,14H2,1H3. The summed E-state index contributed by atoms with van der Waals surface area (Å²) in [4.78, 5) is 44.5. The molecule has 35 heavy (non-hydrogen) atoms. The molecule has 1 aromatic heterocycles. The van der Waals surface area contributed by atoms with Gasteiger partial charge in [-0.2, -0.15) is 4.39 Å². The Balaban J connectivity index is 1.51. The van der Waals surface area contributed by atoms with E-state index in [0.717, 1.165) is 27.9 Å². The monoisotopic (exact) mass is 490 g/mol. The van der Waals surface area contributed by atoms with Gasteiger partial charge < -0.3 is 4.90 Å². The van der Waals surface area contributed by atoms with Gasteiger partial charge in [0.05, 0.1) is 32.4 Å². The van der Waals surface area contributed by atoms with Crippen LogP contribution in [-0.4, -0.2) is 28.3 Å². The van der Waals surface area contributed by atoms with Crippen molar-refractivity contribution in [2.24, 2.45) is 5.92 Å². The number of nitrogens with zero attached hydrogens (tertiary/aromatic N) is 4. The Morgan fingerprint density at radius 2 is 1.91 bits per heavy atom. The molecule has 0 N–H and O–H groups in total. The van der Waals surface area contributed by atoms with Crippen molar-refractivity contribution in [2.75, 3.05) is 16.3 Å². The average Bonchev–Trinajstić information content (AvgIpc) is 3.44. The fraction of sp³-hybridized carbons (Fsp3) is 0.160. The number of fused-ring (bicyclic) bond motifs is 1. The molecule has 0 spiro atoms. The molecule has 0 radical (unpaired) electrons. The van der Waals surface area contributed by atoms with Gasteiger partial charge in [0.15, 0.2) is 5.13 Å². The predicted octanol–water partition coefficient (Wildman–Crippen LogP) is 5.37. The van der Waals surface area contributed by atoms with Gasteiger partial charge >= 0.3 is 5.69 Å². The molecule has 0 bridgehead atoms. The Kier molecular flexibility index (Phi) is 5.73. The van der Waals surface area contributed by atoms with Crippen molar-refractivity contribution in [2.45, 2.75) is 13.3 Å². The van der Waals surface area contributed by atoms with E-state index in [-0.39, 0.29) is 30.5 Å². The highest BCUT2D eigenvalue weighted by Crippen LogP contribution is 2.38. The van der Waals surface area contributed by atoms with Crippen LogP contribution >= 0.6 is 11.3 Å². The van der Waals surface area contributed by atoms with E-state index >= 15 is 0 Å². The molecule has 4 aromatic rings. The average molecular weight is 491 g/mol. The van der Waals surface area contributed by atoms with Gasteiger partial charge in [-0.25, -0.2) is 4.98 Å². The number of para-hydroxylation sites is 2. The summed E-state index contributed by atoms with van der Waals surface area (Å²) < 4.78 is 14.7. The molecule has 5 rings (SSSR count). The third-order valence-corrected chi connectivity index (χ3v) is 6.98. The minimum atomic E-state index is -0.986. The molecule has 2 amide bonds. The van der Waals surface area contributed by atoms with Crippen molar-refractivity contribution >= 4 is 55.6 Å². The number of nitro groups is 1. The number of aryl methyl sites for hydroxylation is 1. The summed E-state index contributed by atoms with van der Waals surface area (Å²) in [5, 5.41) is 11.6. The maximum atomic E-state index is 13.9. The first-order valence-electron chi connectivity index (χ1n) is 10.8. The first kappa shape index (κ1) is 22.6. The van der Waals surface area contributed by atoms with E-state index in [1.165, 1.54) is 22.3 Å². The van der Waals surface area contributed by atoms with Gasteiger partial charge in [0.2, 0.25) is 17.6 Å². The lowest BCUT2D eigenvalue weighted by Crippen LogP contribution is -2.34. The Hall–Kier alpha value is -4.18. The normalized spacial score (nSPS) is 15.5. The van der Waals surface area contributed by atoms with E-state index < -0.39 is 22.3 Å². The van der Waals surface area contributed by atoms with Crippen LogP contribution in [0.1, 0.15) is 12.0 Å². The quantitative estimate of drug-likeness (QED) is 0.277. The molecule has 0 saturated carbocycles. The number of rotatable bonds is 5. The molecule has 8 nitrogen and oxygen atoms in total. The van der Waals surface area contributed by atoms with E-state index in [2.05, 4.69) is 4.98 Å². The molecule has 1 aliphatic heterocycles. The number of anilines is 3. The summed E-state index contributed by atoms with van der Waals surface area (Å²) in [7, 11) is 0. The second-order valence-corrected chi connectivity index (χ2v) is 9.23. The summed E-state index contributed by atoms with van der Waals surface area (Å²) in [6.45, 7) is 1.92. The van der Waals surface area contributed by atoms with Gasteiger partial charge in [-0.1, -0.05) is 41.7 Å². The Labute approximate surface area is 203 Å². The number of nitro benzene ring substituents is 1. The molecular weight excluding hydrogens is 471 g/mol. The second-order valence-electron chi connectivity index (χ2n) is 8.22. The number of thiazole rings is 1. The summed E-state index contributed by atoms with van der Waals surface area (Å²) in [5.74, 6) is -2.36. The van der Waals surface area contributed by atoms with Crippen molar-refractivity contribution in [1.82, 2.24) is 4.98 Å². The van der Waals surface area contributed by atoms with Crippen molar-refractivity contribution in [3.63, 3.8) is 0 Å². The van der Waals surface area contributed by atoms with E-state index in [1.54, 1.807) is 4.90 Å². The zero-order valence-corrected chi connectivity index (χ0v) is 19.4. The maximum Gasteiger partial charge on any atom is 0.306 e. The lowest BCUT2D eigenvalue weighted by molar-refractivity contribution is -0.387. The minimum absolute atomic E-state index is 0.0216. The van der Waals surface area contributed by atoms with E-state index in [1.807, 2.05) is 55.5 Å².